The fourth-order valence-corrected chi connectivity index (χ4v) is 2.51. The van der Waals surface area contributed by atoms with Crippen molar-refractivity contribution in [3.8, 4) is 11.4 Å². The predicted octanol–water partition coefficient (Wildman–Crippen LogP) is 2.70. The van der Waals surface area contributed by atoms with Gasteiger partial charge in [-0.25, -0.2) is 9.48 Å². The Bertz CT molecular complexity index is 856. The van der Waals surface area contributed by atoms with Gasteiger partial charge in [-0.15, -0.1) is 5.10 Å². The molecule has 2 heterocycles. The second-order valence-corrected chi connectivity index (χ2v) is 5.39. The van der Waals surface area contributed by atoms with Gasteiger partial charge in [0, 0.05) is 6.20 Å². The third kappa shape index (κ3) is 2.96. The number of hydrogen-bond acceptors (Lipinski definition) is 4. The Morgan fingerprint density at radius 3 is 2.70 bits per heavy atom. The smallest absolute Gasteiger partial charge is 0.358 e. The molecule has 0 aliphatic rings. The Balaban J connectivity index is 2.08. The van der Waals surface area contributed by atoms with E-state index in [9.17, 15) is 9.90 Å². The zero-order chi connectivity index (χ0) is 16.4. The minimum Gasteiger partial charge on any atom is -0.476 e. The van der Waals surface area contributed by atoms with Gasteiger partial charge in [0.2, 0.25) is 0 Å². The van der Waals surface area contributed by atoms with Gasteiger partial charge in [-0.3, -0.25) is 4.98 Å². The number of pyridine rings is 1. The van der Waals surface area contributed by atoms with Crippen LogP contribution in [-0.4, -0.2) is 31.1 Å². The van der Waals surface area contributed by atoms with E-state index in [1.54, 1.807) is 23.0 Å². The molecular weight excluding hydrogens is 292 g/mol. The van der Waals surface area contributed by atoms with Crippen molar-refractivity contribution >= 4 is 5.97 Å². The topological polar surface area (TPSA) is 80.9 Å². The van der Waals surface area contributed by atoms with E-state index in [1.165, 1.54) is 5.56 Å². The van der Waals surface area contributed by atoms with Gasteiger partial charge in [-0.1, -0.05) is 35.0 Å². The van der Waals surface area contributed by atoms with Gasteiger partial charge in [-0.05, 0) is 37.1 Å². The van der Waals surface area contributed by atoms with Gasteiger partial charge < -0.3 is 5.11 Å². The average molecular weight is 308 g/mol. The molecule has 0 radical (unpaired) electrons. The lowest BCUT2D eigenvalue weighted by molar-refractivity contribution is 0.0691. The van der Waals surface area contributed by atoms with Crippen molar-refractivity contribution in [2.24, 2.45) is 0 Å². The number of rotatable bonds is 4. The summed E-state index contributed by atoms with van der Waals surface area (Å²) in [5, 5.41) is 17.2. The number of nitrogens with zero attached hydrogens (tertiary/aromatic N) is 4. The molecule has 0 amide bonds. The fourth-order valence-electron chi connectivity index (χ4n) is 2.51. The Hall–Kier alpha value is -3.02. The number of benzene rings is 1. The van der Waals surface area contributed by atoms with Crippen LogP contribution < -0.4 is 0 Å². The maximum absolute atomic E-state index is 11.4. The molecule has 0 bridgehead atoms. The van der Waals surface area contributed by atoms with Crippen LogP contribution in [0.3, 0.4) is 0 Å². The molecule has 0 spiro atoms. The van der Waals surface area contributed by atoms with Crippen LogP contribution in [0.4, 0.5) is 0 Å². The lowest BCUT2D eigenvalue weighted by Gasteiger charge is -2.09. The highest BCUT2D eigenvalue weighted by Crippen LogP contribution is 2.22. The number of carbonyl (C=O) groups is 1. The van der Waals surface area contributed by atoms with E-state index in [0.29, 0.717) is 17.9 Å². The highest BCUT2D eigenvalue weighted by Gasteiger charge is 2.21. The first kappa shape index (κ1) is 14.9. The summed E-state index contributed by atoms with van der Waals surface area (Å²) in [6.45, 7) is 4.50. The molecule has 2 aromatic heterocycles. The molecule has 0 atom stereocenters. The van der Waals surface area contributed by atoms with E-state index in [2.05, 4.69) is 21.4 Å². The summed E-state index contributed by atoms with van der Waals surface area (Å²) in [5.41, 5.74) is 4.24. The van der Waals surface area contributed by atoms with Crippen molar-refractivity contribution in [3.05, 3.63) is 65.0 Å². The molecule has 0 unspecified atom stereocenters. The molecule has 0 saturated carbocycles. The van der Waals surface area contributed by atoms with E-state index in [4.69, 9.17) is 0 Å². The molecule has 1 N–H and O–H groups in total. The van der Waals surface area contributed by atoms with Crippen molar-refractivity contribution in [1.82, 2.24) is 20.0 Å². The van der Waals surface area contributed by atoms with E-state index < -0.39 is 5.97 Å². The number of aromatic carboxylic acids is 1. The standard InChI is InChI=1S/C17H16N4O2/c1-11-6-7-13(12(2)9-11)10-21-16(14-5-3-4-8-18-14)15(17(22)23)19-20-21/h3-9H,10H2,1-2H3,(H,22,23). The zero-order valence-electron chi connectivity index (χ0n) is 12.9. The van der Waals surface area contributed by atoms with E-state index in [0.717, 1.165) is 11.1 Å². The van der Waals surface area contributed by atoms with Crippen LogP contribution in [0.1, 0.15) is 27.2 Å². The largest absolute Gasteiger partial charge is 0.476 e. The second-order valence-electron chi connectivity index (χ2n) is 5.39. The minimum absolute atomic E-state index is 0.0894. The lowest BCUT2D eigenvalue weighted by atomic mass is 10.1. The van der Waals surface area contributed by atoms with E-state index in [1.807, 2.05) is 32.0 Å². The average Bonchev–Trinajstić information content (AvgIpc) is 2.95. The van der Waals surface area contributed by atoms with Gasteiger partial charge in [0.25, 0.3) is 0 Å². The minimum atomic E-state index is -1.11. The molecule has 0 fully saturated rings. The number of aromatic nitrogens is 4. The summed E-state index contributed by atoms with van der Waals surface area (Å²) in [5.74, 6) is -1.11. The summed E-state index contributed by atoms with van der Waals surface area (Å²) in [6.07, 6.45) is 1.62. The van der Waals surface area contributed by atoms with Crippen molar-refractivity contribution < 1.29 is 9.90 Å². The molecule has 3 rings (SSSR count). The number of carboxylic acid groups (broad SMARTS) is 1. The highest BCUT2D eigenvalue weighted by atomic mass is 16.4. The summed E-state index contributed by atoms with van der Waals surface area (Å²) in [7, 11) is 0. The maximum atomic E-state index is 11.4. The molecule has 116 valence electrons. The van der Waals surface area contributed by atoms with E-state index in [-0.39, 0.29) is 5.69 Å². The quantitative estimate of drug-likeness (QED) is 0.801. The monoisotopic (exact) mass is 308 g/mol. The molecule has 23 heavy (non-hydrogen) atoms. The van der Waals surface area contributed by atoms with Gasteiger partial charge in [0.1, 0.15) is 5.69 Å². The van der Waals surface area contributed by atoms with Gasteiger partial charge in [0.05, 0.1) is 12.2 Å². The van der Waals surface area contributed by atoms with Gasteiger partial charge in [-0.2, -0.15) is 0 Å². The molecule has 0 saturated heterocycles. The fraction of sp³-hybridized carbons (Fsp3) is 0.176. The molecule has 1 aromatic carbocycles. The molecule has 0 aliphatic heterocycles. The number of aryl methyl sites for hydroxylation is 2. The van der Waals surface area contributed by atoms with Crippen LogP contribution in [0, 0.1) is 13.8 Å². The first-order chi connectivity index (χ1) is 11.1. The normalized spacial score (nSPS) is 10.7. The van der Waals surface area contributed by atoms with Gasteiger partial charge in [0.15, 0.2) is 5.69 Å². The van der Waals surface area contributed by atoms with Crippen molar-refractivity contribution in [3.63, 3.8) is 0 Å². The molecule has 6 heteroatoms. The van der Waals surface area contributed by atoms with Crippen LogP contribution in [-0.2, 0) is 6.54 Å². The van der Waals surface area contributed by atoms with Crippen LogP contribution in [0.15, 0.2) is 42.6 Å². The molecule has 0 aliphatic carbocycles. The number of hydrogen-bond donors (Lipinski definition) is 1. The molecule has 6 nitrogen and oxygen atoms in total. The Kier molecular flexibility index (Phi) is 3.89. The Morgan fingerprint density at radius 2 is 2.04 bits per heavy atom. The van der Waals surface area contributed by atoms with Crippen molar-refractivity contribution in [2.45, 2.75) is 20.4 Å². The second kappa shape index (κ2) is 6.00. The Labute approximate surface area is 133 Å². The third-order valence-electron chi connectivity index (χ3n) is 3.66. The third-order valence-corrected chi connectivity index (χ3v) is 3.66. The van der Waals surface area contributed by atoms with Crippen LogP contribution in [0.5, 0.6) is 0 Å². The summed E-state index contributed by atoms with van der Waals surface area (Å²) >= 11 is 0. The zero-order valence-corrected chi connectivity index (χ0v) is 12.9. The summed E-state index contributed by atoms with van der Waals surface area (Å²) < 4.78 is 1.59. The summed E-state index contributed by atoms with van der Waals surface area (Å²) in [6, 6.07) is 11.5. The van der Waals surface area contributed by atoms with Crippen LogP contribution >= 0.6 is 0 Å². The first-order valence-corrected chi connectivity index (χ1v) is 7.20. The lowest BCUT2D eigenvalue weighted by Crippen LogP contribution is -2.08. The molecule has 3 aromatic rings. The van der Waals surface area contributed by atoms with Crippen LogP contribution in [0.25, 0.3) is 11.4 Å². The van der Waals surface area contributed by atoms with E-state index >= 15 is 0 Å². The SMILES string of the molecule is Cc1ccc(Cn2nnc(C(=O)O)c2-c2ccccn2)c(C)c1. The summed E-state index contributed by atoms with van der Waals surface area (Å²) in [4.78, 5) is 15.7. The predicted molar refractivity (Wildman–Crippen MR) is 85.2 cm³/mol. The first-order valence-electron chi connectivity index (χ1n) is 7.20. The number of carboxylic acids is 1. The molecular formula is C17H16N4O2. The highest BCUT2D eigenvalue weighted by molar-refractivity contribution is 5.92. The maximum Gasteiger partial charge on any atom is 0.358 e. The van der Waals surface area contributed by atoms with Crippen LogP contribution in [0.2, 0.25) is 0 Å². The van der Waals surface area contributed by atoms with Crippen molar-refractivity contribution in [2.75, 3.05) is 0 Å². The van der Waals surface area contributed by atoms with Crippen molar-refractivity contribution in [1.29, 1.82) is 0 Å². The Morgan fingerprint density at radius 1 is 1.22 bits per heavy atom. The van der Waals surface area contributed by atoms with Gasteiger partial charge >= 0.3 is 5.97 Å².